The zero-order chi connectivity index (χ0) is 21.2. The SMILES string of the molecule is CC(C)NC(=O)CNC(=O)c1ccccc1SCC(=O)Nc1cccc(C#N)c1. The smallest absolute Gasteiger partial charge is 0.252 e. The van der Waals surface area contributed by atoms with Gasteiger partial charge in [0.25, 0.3) is 5.91 Å². The van der Waals surface area contributed by atoms with E-state index in [-0.39, 0.29) is 36.1 Å². The van der Waals surface area contributed by atoms with Crippen molar-refractivity contribution in [2.45, 2.75) is 24.8 Å². The normalized spacial score (nSPS) is 10.1. The van der Waals surface area contributed by atoms with Gasteiger partial charge in [-0.25, -0.2) is 0 Å². The van der Waals surface area contributed by atoms with Crippen LogP contribution in [0.2, 0.25) is 0 Å². The number of carbonyl (C=O) groups excluding carboxylic acids is 3. The van der Waals surface area contributed by atoms with Crippen LogP contribution in [0.15, 0.2) is 53.4 Å². The van der Waals surface area contributed by atoms with E-state index < -0.39 is 0 Å². The first kappa shape index (κ1) is 22.0. The minimum atomic E-state index is -0.380. The summed E-state index contributed by atoms with van der Waals surface area (Å²) in [7, 11) is 0. The summed E-state index contributed by atoms with van der Waals surface area (Å²) in [6.07, 6.45) is 0. The number of benzene rings is 2. The average Bonchev–Trinajstić information content (AvgIpc) is 2.70. The highest BCUT2D eigenvalue weighted by Gasteiger charge is 2.14. The predicted octanol–water partition coefficient (Wildman–Crippen LogP) is 2.54. The van der Waals surface area contributed by atoms with Crippen molar-refractivity contribution in [1.29, 1.82) is 5.26 Å². The van der Waals surface area contributed by atoms with Gasteiger partial charge >= 0.3 is 0 Å². The summed E-state index contributed by atoms with van der Waals surface area (Å²) in [5.41, 5.74) is 1.39. The molecule has 0 aliphatic heterocycles. The molecule has 0 aliphatic rings. The van der Waals surface area contributed by atoms with Crippen molar-refractivity contribution in [1.82, 2.24) is 10.6 Å². The molecule has 3 amide bonds. The van der Waals surface area contributed by atoms with Crippen molar-refractivity contribution in [3.63, 3.8) is 0 Å². The molecule has 0 aliphatic carbocycles. The Kier molecular flexibility index (Phi) is 8.25. The molecular formula is C21H22N4O3S. The van der Waals surface area contributed by atoms with Crippen molar-refractivity contribution in [3.8, 4) is 6.07 Å². The minimum absolute atomic E-state index is 0.00499. The Balaban J connectivity index is 1.94. The Labute approximate surface area is 173 Å². The number of nitriles is 1. The molecule has 2 rings (SSSR count). The fourth-order valence-electron chi connectivity index (χ4n) is 2.42. The van der Waals surface area contributed by atoms with Crippen LogP contribution in [0.1, 0.15) is 29.8 Å². The molecule has 7 nitrogen and oxygen atoms in total. The van der Waals surface area contributed by atoms with Gasteiger partial charge in [-0.2, -0.15) is 5.26 Å². The molecule has 0 heterocycles. The second kappa shape index (κ2) is 10.9. The Bertz CT molecular complexity index is 938. The van der Waals surface area contributed by atoms with Crippen molar-refractivity contribution in [2.24, 2.45) is 0 Å². The lowest BCUT2D eigenvalue weighted by molar-refractivity contribution is -0.120. The second-order valence-corrected chi connectivity index (χ2v) is 7.45. The molecule has 0 spiro atoms. The molecule has 8 heteroatoms. The molecule has 2 aromatic carbocycles. The van der Waals surface area contributed by atoms with E-state index in [9.17, 15) is 14.4 Å². The fraction of sp³-hybridized carbons (Fsp3) is 0.238. The maximum Gasteiger partial charge on any atom is 0.252 e. The van der Waals surface area contributed by atoms with E-state index in [4.69, 9.17) is 5.26 Å². The van der Waals surface area contributed by atoms with Gasteiger partial charge in [-0.1, -0.05) is 18.2 Å². The molecule has 29 heavy (non-hydrogen) atoms. The minimum Gasteiger partial charge on any atom is -0.352 e. The third-order valence-electron chi connectivity index (χ3n) is 3.63. The molecule has 0 atom stereocenters. The monoisotopic (exact) mass is 410 g/mol. The summed E-state index contributed by atoms with van der Waals surface area (Å²) < 4.78 is 0. The number of rotatable bonds is 8. The number of nitrogens with zero attached hydrogens (tertiary/aromatic N) is 1. The van der Waals surface area contributed by atoms with Crippen LogP contribution in [-0.2, 0) is 9.59 Å². The topological polar surface area (TPSA) is 111 Å². The van der Waals surface area contributed by atoms with E-state index in [1.54, 1.807) is 48.5 Å². The van der Waals surface area contributed by atoms with Crippen molar-refractivity contribution < 1.29 is 14.4 Å². The van der Waals surface area contributed by atoms with Crippen LogP contribution in [0.4, 0.5) is 5.69 Å². The molecule has 0 bridgehead atoms. The third-order valence-corrected chi connectivity index (χ3v) is 4.70. The second-order valence-electron chi connectivity index (χ2n) is 6.43. The van der Waals surface area contributed by atoms with Crippen LogP contribution in [0.25, 0.3) is 0 Å². The van der Waals surface area contributed by atoms with Crippen molar-refractivity contribution in [3.05, 3.63) is 59.7 Å². The number of carbonyl (C=O) groups is 3. The molecule has 0 aromatic heterocycles. The molecule has 0 saturated heterocycles. The van der Waals surface area contributed by atoms with Crippen molar-refractivity contribution >= 4 is 35.2 Å². The highest BCUT2D eigenvalue weighted by atomic mass is 32.2. The summed E-state index contributed by atoms with van der Waals surface area (Å²) in [4.78, 5) is 37.0. The van der Waals surface area contributed by atoms with E-state index >= 15 is 0 Å². The lowest BCUT2D eigenvalue weighted by atomic mass is 10.2. The van der Waals surface area contributed by atoms with Gasteiger partial charge in [0.05, 0.1) is 29.5 Å². The Hall–Kier alpha value is -3.31. The summed E-state index contributed by atoms with van der Waals surface area (Å²) >= 11 is 1.22. The Morgan fingerprint density at radius 3 is 2.55 bits per heavy atom. The number of hydrogen-bond acceptors (Lipinski definition) is 5. The first-order chi connectivity index (χ1) is 13.9. The van der Waals surface area contributed by atoms with Crippen LogP contribution in [0, 0.1) is 11.3 Å². The van der Waals surface area contributed by atoms with Gasteiger partial charge in [0.2, 0.25) is 11.8 Å². The first-order valence-electron chi connectivity index (χ1n) is 8.98. The number of amides is 3. The van der Waals surface area contributed by atoms with Crippen LogP contribution < -0.4 is 16.0 Å². The molecule has 0 fully saturated rings. The van der Waals surface area contributed by atoms with Gasteiger partial charge in [-0.15, -0.1) is 11.8 Å². The fourth-order valence-corrected chi connectivity index (χ4v) is 3.27. The van der Waals surface area contributed by atoms with Crippen LogP contribution in [0.3, 0.4) is 0 Å². The highest BCUT2D eigenvalue weighted by molar-refractivity contribution is 8.00. The van der Waals surface area contributed by atoms with Gasteiger partial charge < -0.3 is 16.0 Å². The maximum absolute atomic E-state index is 12.4. The van der Waals surface area contributed by atoms with Gasteiger partial charge in [0.15, 0.2) is 0 Å². The zero-order valence-corrected chi connectivity index (χ0v) is 17.0. The van der Waals surface area contributed by atoms with E-state index in [0.717, 1.165) is 0 Å². The average molecular weight is 410 g/mol. The van der Waals surface area contributed by atoms with Gasteiger partial charge in [-0.3, -0.25) is 14.4 Å². The van der Waals surface area contributed by atoms with Crippen LogP contribution >= 0.6 is 11.8 Å². The van der Waals surface area contributed by atoms with Gasteiger partial charge in [0, 0.05) is 16.6 Å². The lowest BCUT2D eigenvalue weighted by Crippen LogP contribution is -2.39. The largest absolute Gasteiger partial charge is 0.352 e. The quantitative estimate of drug-likeness (QED) is 0.579. The summed E-state index contributed by atoms with van der Waals surface area (Å²) in [6.45, 7) is 3.56. The summed E-state index contributed by atoms with van der Waals surface area (Å²) in [5.74, 6) is -0.808. The molecule has 2 aromatic rings. The maximum atomic E-state index is 12.4. The number of hydrogen-bond donors (Lipinski definition) is 3. The standard InChI is InChI=1S/C21H22N4O3S/c1-14(2)24-19(26)12-23-21(28)17-8-3-4-9-18(17)29-13-20(27)25-16-7-5-6-15(10-16)11-22/h3-10,14H,12-13H2,1-2H3,(H,23,28)(H,24,26)(H,25,27). The van der Waals surface area contributed by atoms with Gasteiger partial charge in [0.1, 0.15) is 0 Å². The summed E-state index contributed by atoms with van der Waals surface area (Å²) in [6, 6.07) is 15.5. The molecule has 0 radical (unpaired) electrons. The number of thioether (sulfide) groups is 1. The molecule has 0 saturated carbocycles. The molecule has 3 N–H and O–H groups in total. The first-order valence-corrected chi connectivity index (χ1v) is 9.97. The van der Waals surface area contributed by atoms with E-state index in [1.165, 1.54) is 11.8 Å². The third kappa shape index (κ3) is 7.31. The lowest BCUT2D eigenvalue weighted by Gasteiger charge is -2.11. The summed E-state index contributed by atoms with van der Waals surface area (Å²) in [5, 5.41) is 16.9. The molecule has 150 valence electrons. The van der Waals surface area contributed by atoms with E-state index in [1.807, 2.05) is 19.9 Å². The van der Waals surface area contributed by atoms with Crippen LogP contribution in [0.5, 0.6) is 0 Å². The van der Waals surface area contributed by atoms with Crippen LogP contribution in [-0.4, -0.2) is 36.1 Å². The van der Waals surface area contributed by atoms with E-state index in [2.05, 4.69) is 16.0 Å². The zero-order valence-electron chi connectivity index (χ0n) is 16.2. The number of anilines is 1. The number of nitrogens with one attached hydrogen (secondary N) is 3. The van der Waals surface area contributed by atoms with E-state index in [0.29, 0.717) is 21.7 Å². The molecular weight excluding hydrogens is 388 g/mol. The Morgan fingerprint density at radius 1 is 1.07 bits per heavy atom. The van der Waals surface area contributed by atoms with Gasteiger partial charge in [-0.05, 0) is 44.2 Å². The predicted molar refractivity (Wildman–Crippen MR) is 113 cm³/mol. The highest BCUT2D eigenvalue weighted by Crippen LogP contribution is 2.23. The molecule has 0 unspecified atom stereocenters. The Morgan fingerprint density at radius 2 is 1.83 bits per heavy atom. The van der Waals surface area contributed by atoms with Crippen molar-refractivity contribution in [2.75, 3.05) is 17.6 Å².